The lowest BCUT2D eigenvalue weighted by Crippen LogP contribution is -2.26. The number of hydrogen-bond donors (Lipinski definition) is 1. The van der Waals surface area contributed by atoms with Crippen molar-refractivity contribution < 1.29 is 12.9 Å². The average molecular weight is 373 g/mol. The Kier molecular flexibility index (Phi) is 4.56. The van der Waals surface area contributed by atoms with E-state index in [0.717, 1.165) is 25.9 Å². The van der Waals surface area contributed by atoms with E-state index in [-0.39, 0.29) is 12.3 Å². The molecule has 26 heavy (non-hydrogen) atoms. The minimum Gasteiger partial charge on any atom is -0.356 e. The summed E-state index contributed by atoms with van der Waals surface area (Å²) in [5, 5.41) is 4.58. The molecule has 0 radical (unpaired) electrons. The molecule has 0 bridgehead atoms. The van der Waals surface area contributed by atoms with E-state index in [1.54, 1.807) is 24.4 Å². The van der Waals surface area contributed by atoms with E-state index >= 15 is 0 Å². The minimum atomic E-state index is -3.57. The molecule has 136 valence electrons. The summed E-state index contributed by atoms with van der Waals surface area (Å²) in [5.74, 6) is 0.412. The molecule has 1 aromatic carbocycles. The van der Waals surface area contributed by atoms with Crippen LogP contribution < -0.4 is 9.62 Å². The highest BCUT2D eigenvalue weighted by atomic mass is 32.2. The zero-order valence-electron chi connectivity index (χ0n) is 14.1. The van der Waals surface area contributed by atoms with E-state index in [0.29, 0.717) is 28.3 Å². The van der Waals surface area contributed by atoms with Crippen molar-refractivity contribution in [2.45, 2.75) is 25.1 Å². The van der Waals surface area contributed by atoms with Crippen LogP contribution >= 0.6 is 0 Å². The van der Waals surface area contributed by atoms with E-state index in [4.69, 9.17) is 4.52 Å². The standard InChI is InChI=1S/C17H19N5O3S/c23-26(24,12-15-14-5-1-2-6-16(14)25-21-15)19-11-13-7-8-18-17(20-13)22-9-3-4-10-22/h1-2,5-8,19H,3-4,9-12H2. The van der Waals surface area contributed by atoms with Gasteiger partial charge in [-0.1, -0.05) is 17.3 Å². The first-order valence-electron chi connectivity index (χ1n) is 8.48. The maximum atomic E-state index is 12.4. The second-order valence-electron chi connectivity index (χ2n) is 6.25. The van der Waals surface area contributed by atoms with Crippen LogP contribution in [0.15, 0.2) is 41.1 Å². The third-order valence-corrected chi connectivity index (χ3v) is 5.58. The van der Waals surface area contributed by atoms with Crippen LogP contribution in [0.4, 0.5) is 5.95 Å². The van der Waals surface area contributed by atoms with Gasteiger partial charge in [-0.15, -0.1) is 0 Å². The normalized spacial score (nSPS) is 15.0. The number of nitrogens with one attached hydrogen (secondary N) is 1. The smallest absolute Gasteiger partial charge is 0.225 e. The molecule has 1 saturated heterocycles. The van der Waals surface area contributed by atoms with Crippen LogP contribution in [0.25, 0.3) is 11.0 Å². The maximum Gasteiger partial charge on any atom is 0.225 e. The SMILES string of the molecule is O=S(=O)(Cc1noc2ccccc12)NCc1ccnc(N2CCCC2)n1. The van der Waals surface area contributed by atoms with Crippen molar-refractivity contribution >= 4 is 26.9 Å². The highest BCUT2D eigenvalue weighted by molar-refractivity contribution is 7.88. The monoisotopic (exact) mass is 373 g/mol. The van der Waals surface area contributed by atoms with Crippen LogP contribution in [0.1, 0.15) is 24.2 Å². The fourth-order valence-corrected chi connectivity index (χ4v) is 4.05. The summed E-state index contributed by atoms with van der Waals surface area (Å²) < 4.78 is 32.6. The Morgan fingerprint density at radius 3 is 2.81 bits per heavy atom. The number of rotatable bonds is 6. The summed E-state index contributed by atoms with van der Waals surface area (Å²) in [6, 6.07) is 8.91. The Bertz CT molecular complexity index is 1010. The summed E-state index contributed by atoms with van der Waals surface area (Å²) in [5.41, 5.74) is 1.60. The van der Waals surface area contributed by atoms with E-state index in [1.807, 2.05) is 12.1 Å². The number of sulfonamides is 1. The van der Waals surface area contributed by atoms with E-state index in [9.17, 15) is 8.42 Å². The van der Waals surface area contributed by atoms with E-state index in [2.05, 4.69) is 24.7 Å². The summed E-state index contributed by atoms with van der Waals surface area (Å²) >= 11 is 0. The van der Waals surface area contributed by atoms with Crippen LogP contribution in [0, 0.1) is 0 Å². The second kappa shape index (κ2) is 7.00. The van der Waals surface area contributed by atoms with Gasteiger partial charge in [0.2, 0.25) is 16.0 Å². The molecular formula is C17H19N5O3S. The predicted molar refractivity (Wildman–Crippen MR) is 97.0 cm³/mol. The molecular weight excluding hydrogens is 354 g/mol. The van der Waals surface area contributed by atoms with Crippen LogP contribution in [0.2, 0.25) is 0 Å². The summed E-state index contributed by atoms with van der Waals surface area (Å²) in [6.45, 7) is 1.99. The van der Waals surface area contributed by atoms with Gasteiger partial charge < -0.3 is 9.42 Å². The lowest BCUT2D eigenvalue weighted by atomic mass is 10.2. The first kappa shape index (κ1) is 16.9. The molecule has 1 aliphatic heterocycles. The van der Waals surface area contributed by atoms with Crippen molar-refractivity contribution in [2.24, 2.45) is 0 Å². The zero-order chi connectivity index (χ0) is 18.0. The molecule has 4 rings (SSSR count). The molecule has 0 saturated carbocycles. The van der Waals surface area contributed by atoms with E-state index < -0.39 is 10.0 Å². The fourth-order valence-electron chi connectivity index (χ4n) is 3.01. The topological polar surface area (TPSA) is 101 Å². The lowest BCUT2D eigenvalue weighted by molar-refractivity contribution is 0.448. The third-order valence-electron chi connectivity index (χ3n) is 4.34. The Balaban J connectivity index is 1.44. The maximum absolute atomic E-state index is 12.4. The quantitative estimate of drug-likeness (QED) is 0.703. The van der Waals surface area contributed by atoms with Crippen LogP contribution in [0.3, 0.4) is 0 Å². The molecule has 1 aliphatic rings. The van der Waals surface area contributed by atoms with Crippen molar-refractivity contribution in [3.8, 4) is 0 Å². The number of fused-ring (bicyclic) bond motifs is 1. The van der Waals surface area contributed by atoms with Crippen molar-refractivity contribution in [1.29, 1.82) is 0 Å². The molecule has 1 N–H and O–H groups in total. The molecule has 0 spiro atoms. The summed E-state index contributed by atoms with van der Waals surface area (Å²) in [4.78, 5) is 10.8. The summed E-state index contributed by atoms with van der Waals surface area (Å²) in [7, 11) is -3.57. The largest absolute Gasteiger partial charge is 0.356 e. The van der Waals surface area contributed by atoms with Gasteiger partial charge in [-0.2, -0.15) is 0 Å². The molecule has 3 aromatic rings. The lowest BCUT2D eigenvalue weighted by Gasteiger charge is -2.15. The Labute approximate surface area is 151 Å². The number of para-hydroxylation sites is 1. The van der Waals surface area contributed by atoms with Crippen LogP contribution in [-0.4, -0.2) is 36.6 Å². The average Bonchev–Trinajstić information content (AvgIpc) is 3.31. The molecule has 0 amide bonds. The molecule has 0 unspecified atom stereocenters. The molecule has 3 heterocycles. The molecule has 1 fully saturated rings. The number of aromatic nitrogens is 3. The molecule has 0 aliphatic carbocycles. The highest BCUT2D eigenvalue weighted by Gasteiger charge is 2.18. The first-order chi connectivity index (χ1) is 12.6. The molecule has 8 nitrogen and oxygen atoms in total. The van der Waals surface area contributed by atoms with Gasteiger partial charge in [0.25, 0.3) is 0 Å². The van der Waals surface area contributed by atoms with Gasteiger partial charge in [-0.3, -0.25) is 0 Å². The van der Waals surface area contributed by atoms with Crippen molar-refractivity contribution in [2.75, 3.05) is 18.0 Å². The van der Waals surface area contributed by atoms with Gasteiger partial charge in [0, 0.05) is 24.7 Å². The number of nitrogens with zero attached hydrogens (tertiary/aromatic N) is 4. The van der Waals surface area contributed by atoms with Gasteiger partial charge in [0.15, 0.2) is 5.58 Å². The first-order valence-corrected chi connectivity index (χ1v) is 10.1. The minimum absolute atomic E-state index is 0.113. The van der Waals surface area contributed by atoms with Crippen molar-refractivity contribution in [3.63, 3.8) is 0 Å². The molecule has 9 heteroatoms. The van der Waals surface area contributed by atoms with Gasteiger partial charge >= 0.3 is 0 Å². The third kappa shape index (κ3) is 3.68. The molecule has 2 aromatic heterocycles. The van der Waals surface area contributed by atoms with Crippen molar-refractivity contribution in [1.82, 2.24) is 19.8 Å². The number of hydrogen-bond acceptors (Lipinski definition) is 7. The van der Waals surface area contributed by atoms with Gasteiger partial charge in [0.05, 0.1) is 12.2 Å². The van der Waals surface area contributed by atoms with Crippen LogP contribution in [0.5, 0.6) is 0 Å². The van der Waals surface area contributed by atoms with Crippen LogP contribution in [-0.2, 0) is 22.3 Å². The fraction of sp³-hybridized carbons (Fsp3) is 0.353. The summed E-state index contributed by atoms with van der Waals surface area (Å²) in [6.07, 6.45) is 3.92. The number of benzene rings is 1. The predicted octanol–water partition coefficient (Wildman–Crippen LogP) is 1.84. The number of anilines is 1. The van der Waals surface area contributed by atoms with Gasteiger partial charge in [-0.05, 0) is 31.0 Å². The van der Waals surface area contributed by atoms with Crippen molar-refractivity contribution in [3.05, 3.63) is 47.9 Å². The molecule has 0 atom stereocenters. The van der Waals surface area contributed by atoms with Gasteiger partial charge in [0.1, 0.15) is 11.4 Å². The Morgan fingerprint density at radius 1 is 1.15 bits per heavy atom. The highest BCUT2D eigenvalue weighted by Crippen LogP contribution is 2.19. The Morgan fingerprint density at radius 2 is 1.96 bits per heavy atom. The van der Waals surface area contributed by atoms with E-state index in [1.165, 1.54) is 0 Å². The van der Waals surface area contributed by atoms with Gasteiger partial charge in [-0.25, -0.2) is 23.1 Å². The zero-order valence-corrected chi connectivity index (χ0v) is 14.9. The Hall–Kier alpha value is -2.52. The second-order valence-corrected chi connectivity index (χ2v) is 8.05.